The quantitative estimate of drug-likeness (QED) is 0.273. The molecule has 0 amide bonds. The zero-order valence-electron chi connectivity index (χ0n) is 16.2. The summed E-state index contributed by atoms with van der Waals surface area (Å²) in [5.74, 6) is -1.50. The predicted octanol–water partition coefficient (Wildman–Crippen LogP) is 3.23. The number of hydrogen-bond acceptors (Lipinski definition) is 7. The minimum Gasteiger partial charge on any atom is -0.503 e. The van der Waals surface area contributed by atoms with Gasteiger partial charge in [0.15, 0.2) is 0 Å². The highest BCUT2D eigenvalue weighted by atomic mass is 16.5. The molecule has 0 unspecified atom stereocenters. The molecule has 3 aromatic rings. The molecule has 3 rings (SSSR count). The van der Waals surface area contributed by atoms with Crippen molar-refractivity contribution in [2.45, 2.75) is 6.61 Å². The zero-order chi connectivity index (χ0) is 21.7. The second-order valence-corrected chi connectivity index (χ2v) is 6.16. The SMILES string of the molecule is CO/C=C(/C(=O)OC)c1ccccc1COc1ccc2cc(C(=O)O)c(=O)oc2c1. The molecule has 2 aromatic carbocycles. The van der Waals surface area contributed by atoms with Crippen LogP contribution in [0.25, 0.3) is 16.5 Å². The number of carbonyl (C=O) groups excluding carboxylic acids is 1. The van der Waals surface area contributed by atoms with Crippen molar-refractivity contribution in [3.05, 3.63) is 81.9 Å². The topological polar surface area (TPSA) is 112 Å². The molecular weight excluding hydrogens is 392 g/mol. The lowest BCUT2D eigenvalue weighted by atomic mass is 10.0. The van der Waals surface area contributed by atoms with Crippen LogP contribution in [-0.2, 0) is 20.9 Å². The molecule has 0 aliphatic rings. The summed E-state index contributed by atoms with van der Waals surface area (Å²) in [4.78, 5) is 34.9. The molecule has 0 spiro atoms. The van der Waals surface area contributed by atoms with Gasteiger partial charge in [0.25, 0.3) is 0 Å². The van der Waals surface area contributed by atoms with Crippen LogP contribution >= 0.6 is 0 Å². The average Bonchev–Trinajstić information content (AvgIpc) is 2.75. The van der Waals surface area contributed by atoms with Gasteiger partial charge in [-0.25, -0.2) is 14.4 Å². The zero-order valence-corrected chi connectivity index (χ0v) is 16.2. The fraction of sp³-hybridized carbons (Fsp3) is 0.136. The van der Waals surface area contributed by atoms with Crippen LogP contribution in [0.15, 0.2) is 64.0 Å². The van der Waals surface area contributed by atoms with Crippen molar-refractivity contribution in [1.82, 2.24) is 0 Å². The van der Waals surface area contributed by atoms with Crippen LogP contribution in [-0.4, -0.2) is 31.3 Å². The van der Waals surface area contributed by atoms with Crippen molar-refractivity contribution in [2.75, 3.05) is 14.2 Å². The van der Waals surface area contributed by atoms with Crippen LogP contribution < -0.4 is 10.4 Å². The minimum absolute atomic E-state index is 0.108. The smallest absolute Gasteiger partial charge is 0.351 e. The van der Waals surface area contributed by atoms with Crippen LogP contribution in [0.1, 0.15) is 21.5 Å². The first-order valence-corrected chi connectivity index (χ1v) is 8.78. The van der Waals surface area contributed by atoms with Gasteiger partial charge in [0.05, 0.1) is 20.5 Å². The normalized spacial score (nSPS) is 11.2. The van der Waals surface area contributed by atoms with E-state index in [1.54, 1.807) is 36.4 Å². The van der Waals surface area contributed by atoms with Crippen molar-refractivity contribution in [2.24, 2.45) is 0 Å². The summed E-state index contributed by atoms with van der Waals surface area (Å²) in [5.41, 5.74) is 0.351. The molecule has 1 N–H and O–H groups in total. The Labute approximate surface area is 170 Å². The second-order valence-electron chi connectivity index (χ2n) is 6.16. The maximum Gasteiger partial charge on any atom is 0.351 e. The van der Waals surface area contributed by atoms with Crippen LogP contribution in [0.5, 0.6) is 5.75 Å². The van der Waals surface area contributed by atoms with Gasteiger partial charge in [-0.2, -0.15) is 0 Å². The number of carboxylic acid groups (broad SMARTS) is 1. The molecule has 1 heterocycles. The third-order valence-electron chi connectivity index (χ3n) is 4.28. The largest absolute Gasteiger partial charge is 0.503 e. The van der Waals surface area contributed by atoms with E-state index in [-0.39, 0.29) is 17.8 Å². The number of aromatic carboxylic acids is 1. The molecule has 0 atom stereocenters. The maximum absolute atomic E-state index is 12.1. The number of rotatable bonds is 7. The van der Waals surface area contributed by atoms with Crippen LogP contribution in [0.4, 0.5) is 0 Å². The first kappa shape index (κ1) is 20.7. The minimum atomic E-state index is -1.35. The molecule has 0 aliphatic heterocycles. The van der Waals surface area contributed by atoms with Gasteiger partial charge in [0, 0.05) is 11.5 Å². The molecule has 8 nitrogen and oxygen atoms in total. The number of methoxy groups -OCH3 is 2. The van der Waals surface area contributed by atoms with E-state index < -0.39 is 23.1 Å². The molecule has 0 bridgehead atoms. The summed E-state index contributed by atoms with van der Waals surface area (Å²) in [7, 11) is 2.71. The highest BCUT2D eigenvalue weighted by molar-refractivity contribution is 6.16. The van der Waals surface area contributed by atoms with Crippen molar-refractivity contribution in [1.29, 1.82) is 0 Å². The number of esters is 1. The van der Waals surface area contributed by atoms with Gasteiger partial charge < -0.3 is 23.7 Å². The molecular formula is C22H18O8. The molecule has 0 aliphatic carbocycles. The molecule has 154 valence electrons. The number of hydrogen-bond donors (Lipinski definition) is 1. The molecule has 0 saturated carbocycles. The third-order valence-corrected chi connectivity index (χ3v) is 4.28. The molecule has 1 aromatic heterocycles. The fourth-order valence-corrected chi connectivity index (χ4v) is 2.85. The Morgan fingerprint density at radius 3 is 2.53 bits per heavy atom. The molecule has 0 fully saturated rings. The van der Waals surface area contributed by atoms with E-state index in [4.69, 9.17) is 23.7 Å². The predicted molar refractivity (Wildman–Crippen MR) is 107 cm³/mol. The van der Waals surface area contributed by atoms with Gasteiger partial charge in [0.2, 0.25) is 0 Å². The number of carbonyl (C=O) groups is 2. The van der Waals surface area contributed by atoms with Crippen molar-refractivity contribution >= 4 is 28.5 Å². The Hall–Kier alpha value is -4.07. The Morgan fingerprint density at radius 2 is 1.83 bits per heavy atom. The third kappa shape index (κ3) is 4.33. The maximum atomic E-state index is 12.1. The lowest BCUT2D eigenvalue weighted by Crippen LogP contribution is -2.12. The van der Waals surface area contributed by atoms with Crippen LogP contribution in [0.2, 0.25) is 0 Å². The summed E-state index contributed by atoms with van der Waals surface area (Å²) in [6, 6.07) is 13.1. The van der Waals surface area contributed by atoms with Gasteiger partial charge in [-0.1, -0.05) is 24.3 Å². The molecule has 0 radical (unpaired) electrons. The van der Waals surface area contributed by atoms with Gasteiger partial charge >= 0.3 is 17.6 Å². The standard InChI is InChI=1S/C22H18O8/c1-27-12-18(21(25)28-2)16-6-4-3-5-14(16)11-29-15-8-7-13-9-17(20(23)24)22(26)30-19(13)10-15/h3-10,12H,11H2,1-2H3,(H,23,24)/b18-12+. The number of benzene rings is 2. The van der Waals surface area contributed by atoms with E-state index >= 15 is 0 Å². The van der Waals surface area contributed by atoms with Crippen molar-refractivity contribution in [3.8, 4) is 5.75 Å². The monoisotopic (exact) mass is 410 g/mol. The summed E-state index contributed by atoms with van der Waals surface area (Å²) in [5, 5.41) is 9.48. The van der Waals surface area contributed by atoms with E-state index in [1.165, 1.54) is 32.6 Å². The van der Waals surface area contributed by atoms with Crippen molar-refractivity contribution in [3.63, 3.8) is 0 Å². The number of fused-ring (bicyclic) bond motifs is 1. The summed E-state index contributed by atoms with van der Waals surface area (Å²) < 4.78 is 20.7. The molecule has 30 heavy (non-hydrogen) atoms. The Morgan fingerprint density at radius 1 is 1.07 bits per heavy atom. The molecule has 0 saturated heterocycles. The number of ether oxygens (including phenoxy) is 3. The van der Waals surface area contributed by atoms with Crippen LogP contribution in [0, 0.1) is 0 Å². The van der Waals surface area contributed by atoms with Gasteiger partial charge in [-0.05, 0) is 29.3 Å². The van der Waals surface area contributed by atoms with E-state index in [2.05, 4.69) is 0 Å². The van der Waals surface area contributed by atoms with E-state index in [0.717, 1.165) is 0 Å². The van der Waals surface area contributed by atoms with E-state index in [9.17, 15) is 14.4 Å². The lowest BCUT2D eigenvalue weighted by molar-refractivity contribution is -0.133. The highest BCUT2D eigenvalue weighted by Crippen LogP contribution is 2.25. The first-order chi connectivity index (χ1) is 14.4. The van der Waals surface area contributed by atoms with E-state index in [0.29, 0.717) is 22.3 Å². The average molecular weight is 410 g/mol. The lowest BCUT2D eigenvalue weighted by Gasteiger charge is -2.13. The van der Waals surface area contributed by atoms with Gasteiger partial charge in [-0.15, -0.1) is 0 Å². The highest BCUT2D eigenvalue weighted by Gasteiger charge is 2.17. The van der Waals surface area contributed by atoms with Gasteiger partial charge in [0.1, 0.15) is 29.1 Å². The Kier molecular flexibility index (Phi) is 6.17. The van der Waals surface area contributed by atoms with E-state index in [1.807, 2.05) is 0 Å². The summed E-state index contributed by atoms with van der Waals surface area (Å²) in [6.07, 6.45) is 1.30. The molecule has 8 heteroatoms. The fourth-order valence-electron chi connectivity index (χ4n) is 2.85. The Bertz CT molecular complexity index is 1190. The Balaban J connectivity index is 1.89. The summed E-state index contributed by atoms with van der Waals surface area (Å²) >= 11 is 0. The van der Waals surface area contributed by atoms with Gasteiger partial charge in [-0.3, -0.25) is 0 Å². The summed E-state index contributed by atoms with van der Waals surface area (Å²) in [6.45, 7) is 0.108. The van der Waals surface area contributed by atoms with Crippen LogP contribution in [0.3, 0.4) is 0 Å². The first-order valence-electron chi connectivity index (χ1n) is 8.78. The number of carboxylic acids is 1. The van der Waals surface area contributed by atoms with Crippen molar-refractivity contribution < 1.29 is 33.3 Å². The second kappa shape index (κ2) is 8.95.